The zero-order chi connectivity index (χ0) is 21.7. The van der Waals surface area contributed by atoms with Crippen LogP contribution in [-0.4, -0.2) is 27.7 Å². The van der Waals surface area contributed by atoms with Gasteiger partial charge in [-0.3, -0.25) is 18.7 Å². The van der Waals surface area contributed by atoms with Gasteiger partial charge >= 0.3 is 17.6 Å². The zero-order valence-corrected chi connectivity index (χ0v) is 17.6. The Morgan fingerprint density at radius 1 is 1.07 bits per heavy atom. The number of esters is 2. The van der Waals surface area contributed by atoms with Gasteiger partial charge in [-0.1, -0.05) is 30.3 Å². The fraction of sp³-hybridized carbons (Fsp3) is 0.333. The minimum atomic E-state index is -0.542. The number of ether oxygens (including phenoxy) is 2. The predicted molar refractivity (Wildman–Crippen MR) is 113 cm³/mol. The number of unbranched alkanes of at least 4 members (excludes halogenated alkanes) is 1. The Labute approximate surface area is 176 Å². The average Bonchev–Trinajstić information content (AvgIpc) is 3.19. The number of nitrogens with zero attached hydrogens (tertiary/aromatic N) is 2. The van der Waals surface area contributed by atoms with Gasteiger partial charge in [-0.2, -0.15) is 0 Å². The third-order valence-corrected chi connectivity index (χ3v) is 5.70. The molecule has 2 heterocycles. The SMILES string of the molecule is CC(=O)OCCCCn1c(=O)c2cc(C(=O)OCc3ccccc3)sc2n(C)c1=O. The second-order valence-corrected chi connectivity index (χ2v) is 7.77. The maximum Gasteiger partial charge on any atom is 0.348 e. The van der Waals surface area contributed by atoms with E-state index in [9.17, 15) is 19.2 Å². The largest absolute Gasteiger partial charge is 0.466 e. The minimum absolute atomic E-state index is 0.124. The molecule has 0 bridgehead atoms. The normalized spacial score (nSPS) is 10.9. The van der Waals surface area contributed by atoms with Crippen LogP contribution in [-0.2, 0) is 34.5 Å². The molecule has 30 heavy (non-hydrogen) atoms. The summed E-state index contributed by atoms with van der Waals surface area (Å²) >= 11 is 1.06. The topological polar surface area (TPSA) is 96.6 Å². The van der Waals surface area contributed by atoms with Gasteiger partial charge in [0, 0.05) is 20.5 Å². The van der Waals surface area contributed by atoms with Gasteiger partial charge in [0.05, 0.1) is 12.0 Å². The van der Waals surface area contributed by atoms with Crippen LogP contribution in [0.4, 0.5) is 0 Å². The van der Waals surface area contributed by atoms with Crippen LogP contribution in [0.2, 0.25) is 0 Å². The Kier molecular flexibility index (Phi) is 6.83. The van der Waals surface area contributed by atoms with Crippen LogP contribution >= 0.6 is 11.3 Å². The van der Waals surface area contributed by atoms with Crippen LogP contribution in [0, 0.1) is 0 Å². The fourth-order valence-electron chi connectivity index (χ4n) is 2.96. The van der Waals surface area contributed by atoms with Crippen LogP contribution in [0.3, 0.4) is 0 Å². The van der Waals surface area contributed by atoms with Crippen molar-refractivity contribution in [2.24, 2.45) is 7.05 Å². The quantitative estimate of drug-likeness (QED) is 0.402. The monoisotopic (exact) mass is 430 g/mol. The smallest absolute Gasteiger partial charge is 0.348 e. The molecule has 3 aromatic rings. The first-order valence-corrected chi connectivity index (χ1v) is 10.3. The summed E-state index contributed by atoms with van der Waals surface area (Å²) in [6, 6.07) is 10.8. The molecule has 0 unspecified atom stereocenters. The van der Waals surface area contributed by atoms with Crippen molar-refractivity contribution in [1.29, 1.82) is 0 Å². The van der Waals surface area contributed by atoms with Crippen molar-refractivity contribution in [3.05, 3.63) is 67.7 Å². The molecule has 0 fully saturated rings. The molecule has 1 aromatic carbocycles. The highest BCUT2D eigenvalue weighted by Gasteiger charge is 2.18. The molecule has 0 aliphatic heterocycles. The molecular weight excluding hydrogens is 408 g/mol. The van der Waals surface area contributed by atoms with Crippen molar-refractivity contribution in [2.75, 3.05) is 6.61 Å². The van der Waals surface area contributed by atoms with Crippen LogP contribution in [0.25, 0.3) is 10.2 Å². The number of benzene rings is 1. The zero-order valence-electron chi connectivity index (χ0n) is 16.8. The van der Waals surface area contributed by atoms with E-state index in [2.05, 4.69) is 0 Å². The number of hydrogen-bond acceptors (Lipinski definition) is 7. The number of rotatable bonds is 8. The molecular formula is C21H22N2O6S. The molecule has 0 N–H and O–H groups in total. The van der Waals surface area contributed by atoms with E-state index < -0.39 is 17.2 Å². The van der Waals surface area contributed by atoms with Gasteiger partial charge in [0.2, 0.25) is 0 Å². The first-order valence-electron chi connectivity index (χ1n) is 9.46. The van der Waals surface area contributed by atoms with Crippen LogP contribution in [0.5, 0.6) is 0 Å². The Hall–Kier alpha value is -3.20. The Morgan fingerprint density at radius 2 is 1.80 bits per heavy atom. The maximum absolute atomic E-state index is 12.8. The average molecular weight is 430 g/mol. The molecule has 8 nitrogen and oxygen atoms in total. The van der Waals surface area contributed by atoms with Gasteiger partial charge in [-0.25, -0.2) is 9.59 Å². The molecule has 0 radical (unpaired) electrons. The van der Waals surface area contributed by atoms with Gasteiger partial charge in [0.25, 0.3) is 5.56 Å². The number of aromatic nitrogens is 2. The summed E-state index contributed by atoms with van der Waals surface area (Å²) in [5, 5.41) is 0.300. The highest BCUT2D eigenvalue weighted by molar-refractivity contribution is 7.20. The second-order valence-electron chi connectivity index (χ2n) is 6.74. The van der Waals surface area contributed by atoms with E-state index in [1.54, 1.807) is 7.05 Å². The fourth-order valence-corrected chi connectivity index (χ4v) is 3.96. The van der Waals surface area contributed by atoms with Crippen molar-refractivity contribution in [1.82, 2.24) is 9.13 Å². The highest BCUT2D eigenvalue weighted by Crippen LogP contribution is 2.23. The van der Waals surface area contributed by atoms with Crippen molar-refractivity contribution >= 4 is 33.5 Å². The summed E-state index contributed by atoms with van der Waals surface area (Å²) in [5.41, 5.74) is -0.0412. The third kappa shape index (κ3) is 4.85. The lowest BCUT2D eigenvalue weighted by Crippen LogP contribution is -2.38. The predicted octanol–water partition coefficient (Wildman–Crippen LogP) is 2.46. The minimum Gasteiger partial charge on any atom is -0.466 e. The van der Waals surface area contributed by atoms with E-state index in [-0.39, 0.29) is 30.6 Å². The van der Waals surface area contributed by atoms with E-state index in [0.717, 1.165) is 21.5 Å². The van der Waals surface area contributed by atoms with Crippen molar-refractivity contribution < 1.29 is 19.1 Å². The lowest BCUT2D eigenvalue weighted by atomic mass is 10.2. The summed E-state index contributed by atoms with van der Waals surface area (Å²) in [6.45, 7) is 1.89. The number of hydrogen-bond donors (Lipinski definition) is 0. The van der Waals surface area contributed by atoms with Crippen LogP contribution < -0.4 is 11.2 Å². The summed E-state index contributed by atoms with van der Waals surface area (Å²) < 4.78 is 12.7. The van der Waals surface area contributed by atoms with Crippen molar-refractivity contribution in [2.45, 2.75) is 32.9 Å². The lowest BCUT2D eigenvalue weighted by Gasteiger charge is -2.08. The molecule has 0 amide bonds. The van der Waals surface area contributed by atoms with Gasteiger partial charge in [-0.15, -0.1) is 11.3 Å². The Bertz CT molecular complexity index is 1180. The number of carbonyl (C=O) groups is 2. The molecule has 0 saturated carbocycles. The molecule has 0 spiro atoms. The van der Waals surface area contributed by atoms with Gasteiger partial charge in [0.15, 0.2) is 0 Å². The molecule has 0 atom stereocenters. The van der Waals surface area contributed by atoms with Crippen molar-refractivity contribution in [3.8, 4) is 0 Å². The first-order chi connectivity index (χ1) is 14.4. The molecule has 0 aliphatic carbocycles. The molecule has 158 valence electrons. The number of carbonyl (C=O) groups excluding carboxylic acids is 2. The highest BCUT2D eigenvalue weighted by atomic mass is 32.1. The van der Waals surface area contributed by atoms with E-state index >= 15 is 0 Å². The van der Waals surface area contributed by atoms with Gasteiger partial charge in [0.1, 0.15) is 16.3 Å². The molecule has 3 rings (SSSR count). The standard InChI is InChI=1S/C21H22N2O6S/c1-14(24)28-11-7-6-10-23-18(25)16-12-17(30-19(16)22(2)21(23)27)20(26)29-13-15-8-4-3-5-9-15/h3-5,8-9,12H,6-7,10-11,13H2,1-2H3. The Morgan fingerprint density at radius 3 is 2.50 bits per heavy atom. The van der Waals surface area contributed by atoms with Crippen LogP contribution in [0.1, 0.15) is 35.0 Å². The number of thiophene rings is 1. The van der Waals surface area contributed by atoms with E-state index in [1.807, 2.05) is 30.3 Å². The van der Waals surface area contributed by atoms with Gasteiger partial charge < -0.3 is 9.47 Å². The lowest BCUT2D eigenvalue weighted by molar-refractivity contribution is -0.141. The maximum atomic E-state index is 12.8. The van der Waals surface area contributed by atoms with Crippen molar-refractivity contribution in [3.63, 3.8) is 0 Å². The Balaban J connectivity index is 1.78. The van der Waals surface area contributed by atoms with E-state index in [0.29, 0.717) is 23.1 Å². The molecule has 9 heteroatoms. The molecule has 2 aromatic heterocycles. The van der Waals surface area contributed by atoms with E-state index in [4.69, 9.17) is 9.47 Å². The molecule has 0 aliphatic rings. The second kappa shape index (κ2) is 9.53. The first kappa shape index (κ1) is 21.5. The summed E-state index contributed by atoms with van der Waals surface area (Å²) in [6.07, 6.45) is 1.04. The summed E-state index contributed by atoms with van der Waals surface area (Å²) in [4.78, 5) is 49.3. The summed E-state index contributed by atoms with van der Waals surface area (Å²) in [7, 11) is 1.56. The van der Waals surface area contributed by atoms with E-state index in [1.165, 1.54) is 17.6 Å². The number of fused-ring (bicyclic) bond motifs is 1. The van der Waals surface area contributed by atoms with Gasteiger partial charge in [-0.05, 0) is 24.5 Å². The number of aryl methyl sites for hydroxylation is 1. The molecule has 0 saturated heterocycles. The third-order valence-electron chi connectivity index (χ3n) is 4.51. The summed E-state index contributed by atoms with van der Waals surface area (Å²) in [5.74, 6) is -0.908. The van der Waals surface area contributed by atoms with Crippen LogP contribution in [0.15, 0.2) is 46.0 Å².